The first-order valence-electron chi connectivity index (χ1n) is 0. The van der Waals surface area contributed by atoms with Crippen LogP contribution in [0.1, 0.15) is 0 Å². The quantitative estimate of drug-likeness (QED) is 0.300. The molecule has 0 aromatic heterocycles. The van der Waals surface area contributed by atoms with Crippen molar-refractivity contribution >= 4 is 0 Å². The van der Waals surface area contributed by atoms with Crippen LogP contribution in [0.5, 0.6) is 0 Å². The maximum atomic E-state index is 0. The molecule has 0 unspecified atom stereocenters. The summed E-state index contributed by atoms with van der Waals surface area (Å²) < 4.78 is 0. The van der Waals surface area contributed by atoms with Gasteiger partial charge in [-0.1, -0.05) is 0 Å². The Morgan fingerprint density at radius 1 is 1.00 bits per heavy atom. The van der Waals surface area contributed by atoms with Crippen molar-refractivity contribution in [1.29, 1.82) is 0 Å². The minimum absolute atomic E-state index is 0. The molecule has 0 N–H and O–H groups in total. The van der Waals surface area contributed by atoms with Crippen LogP contribution in [0.4, 0.5) is 0 Å². The van der Waals surface area contributed by atoms with Crippen molar-refractivity contribution in [3.63, 3.8) is 0 Å². The smallest absolute Gasteiger partial charge is 0 e. The fraction of sp³-hybridized carbons (Fsp3) is 0. The Balaban J connectivity index is 0. The van der Waals surface area contributed by atoms with Crippen LogP contribution in [0.3, 0.4) is 0 Å². The van der Waals surface area contributed by atoms with E-state index in [-0.39, 0.29) is 422 Å². The van der Waals surface area contributed by atoms with E-state index in [4.69, 9.17) is 0 Å². The molecule has 105 valence electrons. The molecule has 7 radical (unpaired) electrons. The summed E-state index contributed by atoms with van der Waals surface area (Å²) in [7, 11) is 0. The van der Waals surface area contributed by atoms with Crippen LogP contribution in [0.15, 0.2) is 0 Å². The van der Waals surface area contributed by atoms with E-state index in [0.717, 1.165) is 0 Å². The van der Waals surface area contributed by atoms with E-state index in [9.17, 15) is 0 Å². The number of rotatable bonds is 0. The van der Waals surface area contributed by atoms with E-state index in [1.54, 1.807) is 0 Å². The predicted molar refractivity (Wildman–Crippen MR) is 0 cm³/mol. The van der Waals surface area contributed by atoms with Crippen molar-refractivity contribution in [1.82, 2.24) is 0 Å². The van der Waals surface area contributed by atoms with Crippen LogP contribution in [-0.2, 0) is 84.5 Å². The number of hydrogen-bond donors (Lipinski definition) is 0. The van der Waals surface area contributed by atoms with Gasteiger partial charge in [0.2, 0.25) is 0 Å². The summed E-state index contributed by atoms with van der Waals surface area (Å²) in [6.45, 7) is 0. The average molecular weight is 1940 g/mol. The van der Waals surface area contributed by atoms with Gasteiger partial charge in [-0.3, -0.25) is 0 Å². The second kappa shape index (κ2) is 93.8. The van der Waals surface area contributed by atoms with Crippen LogP contribution < -0.4 is 0 Å². The van der Waals surface area contributed by atoms with Crippen LogP contribution in [-0.4, -0.2) is 0 Å². The zero-order valence-electron chi connectivity index (χ0n) is 5.27. The zero-order valence-corrected chi connectivity index (χ0v) is 36.2. The van der Waals surface area contributed by atoms with E-state index in [2.05, 4.69) is 0 Å². The first-order valence-corrected chi connectivity index (χ1v) is 0. The summed E-state index contributed by atoms with van der Waals surface area (Å²) in [5.41, 5.74) is 0. The average Bonchev–Trinajstić information content (AvgIpc) is 0. The molecule has 0 saturated heterocycles. The first-order chi connectivity index (χ1) is 0. The van der Waals surface area contributed by atoms with Crippen molar-refractivity contribution in [2.24, 2.45) is 0 Å². The molecule has 0 fully saturated rings. The Labute approximate surface area is 406 Å². The minimum Gasteiger partial charge on any atom is 0 e. The van der Waals surface area contributed by atoms with Gasteiger partial charge in [0, 0.05) is 422 Å². The molecule has 0 nitrogen and oxygen atoms in total. The molecule has 0 aromatic carbocycles. The SMILES string of the molecule is [Co].[Cu].[Dy].[Eu].[Fe].[Gd].[Mn].[Ni].[Np].[Pm].[Pu].[Sm].[Tb].[U]. The Hall–Kier alpha value is 13.8. The monoisotopic (exact) mass is 1930 g/mol. The summed E-state index contributed by atoms with van der Waals surface area (Å²) in [5, 5.41) is 0. The van der Waals surface area contributed by atoms with Gasteiger partial charge in [-0.25, -0.2) is 0 Å². The molecule has 0 aliphatic rings. The van der Waals surface area contributed by atoms with E-state index < -0.39 is 0 Å². The third-order valence-electron chi connectivity index (χ3n) is 0. The van der Waals surface area contributed by atoms with Gasteiger partial charge in [0.15, 0.2) is 0 Å². The minimum atomic E-state index is 0. The predicted octanol–water partition coefficient (Wildman–Crippen LogP) is -0.0125. The molecule has 0 aliphatic heterocycles. The molecule has 14 heteroatoms. The molecule has 0 aromatic rings. The van der Waals surface area contributed by atoms with E-state index in [1.807, 2.05) is 0 Å². The Bertz CT molecular complexity index is 53.3. The maximum absolute atomic E-state index is 0. The molecule has 0 bridgehead atoms. The number of hydrogen-bond acceptors (Lipinski definition) is 0. The first kappa shape index (κ1) is 105. The van der Waals surface area contributed by atoms with Crippen molar-refractivity contribution in [2.75, 3.05) is 0 Å². The largest absolute Gasteiger partial charge is 0 e. The third-order valence-corrected chi connectivity index (χ3v) is 0. The summed E-state index contributed by atoms with van der Waals surface area (Å²) >= 11 is 0. The normalized spacial score (nSPS) is 0. The van der Waals surface area contributed by atoms with Gasteiger partial charge < -0.3 is 0 Å². The molecule has 0 saturated carbocycles. The topological polar surface area (TPSA) is 0 Å². The molecule has 14 heavy (non-hydrogen) atoms. The Morgan fingerprint density at radius 3 is 1.00 bits per heavy atom. The van der Waals surface area contributed by atoms with Crippen molar-refractivity contribution in [3.8, 4) is 0 Å². The van der Waals surface area contributed by atoms with Crippen LogP contribution in [0.25, 0.3) is 0 Å². The summed E-state index contributed by atoms with van der Waals surface area (Å²) in [6.07, 6.45) is 0. The Morgan fingerprint density at radius 2 is 1.00 bits per heavy atom. The fourth-order valence-corrected chi connectivity index (χ4v) is 0. The Kier molecular flexibility index (Phi) is 704. The van der Waals surface area contributed by atoms with Gasteiger partial charge in [0.05, 0.1) is 0 Å². The van der Waals surface area contributed by atoms with Crippen molar-refractivity contribution in [3.05, 3.63) is 0 Å². The van der Waals surface area contributed by atoms with Crippen molar-refractivity contribution in [2.45, 2.75) is 0 Å². The second-order valence-corrected chi connectivity index (χ2v) is 0. The van der Waals surface area contributed by atoms with Crippen molar-refractivity contribution < 1.29 is 422 Å². The third kappa shape index (κ3) is 83.4. The summed E-state index contributed by atoms with van der Waals surface area (Å²) in [4.78, 5) is 0. The van der Waals surface area contributed by atoms with Gasteiger partial charge in [-0.05, 0) is 0 Å². The summed E-state index contributed by atoms with van der Waals surface area (Å²) in [5.74, 6) is 0. The molecule has 0 amide bonds. The van der Waals surface area contributed by atoms with E-state index in [1.165, 1.54) is 0 Å². The van der Waals surface area contributed by atoms with Gasteiger partial charge in [-0.2, -0.15) is 0 Å². The van der Waals surface area contributed by atoms with E-state index in [0.29, 0.717) is 0 Å². The molecule has 0 rings (SSSR count). The van der Waals surface area contributed by atoms with Crippen LogP contribution >= 0.6 is 0 Å². The van der Waals surface area contributed by atoms with Gasteiger partial charge in [0.25, 0.3) is 0 Å². The molecule has 0 aliphatic carbocycles. The molecule has 0 atom stereocenters. The zero-order chi connectivity index (χ0) is 0. The standard InChI is InChI=1S/Co.Cu.Dy.Eu.Fe.Gd.Mn.Ni.Np.Pm.Pu.Sm.Tb.U. The molecule has 0 heterocycles. The fourth-order valence-electron chi connectivity index (χ4n) is 0. The van der Waals surface area contributed by atoms with Crippen LogP contribution in [0, 0.1) is 337 Å². The van der Waals surface area contributed by atoms with Crippen LogP contribution in [0.2, 0.25) is 0 Å². The summed E-state index contributed by atoms with van der Waals surface area (Å²) in [6, 6.07) is 0. The van der Waals surface area contributed by atoms with E-state index >= 15 is 0 Å². The van der Waals surface area contributed by atoms with Gasteiger partial charge in [0.1, 0.15) is 0 Å². The maximum Gasteiger partial charge on any atom is 0 e. The molecular weight excluding hydrogens is 1940 g/mol. The molecular formula is CoCuDyEuFeGdMnNiNpPmPuSmTbU. The second-order valence-electron chi connectivity index (χ2n) is 0. The molecule has 0 spiro atoms. The van der Waals surface area contributed by atoms with Gasteiger partial charge >= 0.3 is 0 Å². The van der Waals surface area contributed by atoms with Gasteiger partial charge in [-0.15, -0.1) is 0 Å².